The van der Waals surface area contributed by atoms with Crippen LogP contribution in [0.15, 0.2) is 30.3 Å². The van der Waals surface area contributed by atoms with Gasteiger partial charge in [0, 0.05) is 11.5 Å². The standard InChI is InChI=1S/C22H32O6/c1-4-5-6-7-11-16-27-19(23)14-15-20(24)28-22(17(2)3,21(25)26)18-12-9-8-10-13-18/h8-10,12-13,17H,4-7,11,14-16H2,1-3H3,(H,25,26). The summed E-state index contributed by atoms with van der Waals surface area (Å²) in [7, 11) is 0. The quantitative estimate of drug-likeness (QED) is 0.394. The van der Waals surface area contributed by atoms with Crippen LogP contribution in [0.25, 0.3) is 0 Å². The van der Waals surface area contributed by atoms with Gasteiger partial charge >= 0.3 is 17.9 Å². The molecule has 156 valence electrons. The average Bonchev–Trinajstić information content (AvgIpc) is 2.67. The Labute approximate surface area is 167 Å². The molecule has 1 unspecified atom stereocenters. The summed E-state index contributed by atoms with van der Waals surface area (Å²) < 4.78 is 10.5. The van der Waals surface area contributed by atoms with E-state index < -0.39 is 29.4 Å². The molecule has 0 amide bonds. The third-order valence-electron chi connectivity index (χ3n) is 4.65. The predicted octanol–water partition coefficient (Wildman–Crippen LogP) is 4.46. The molecule has 0 fully saturated rings. The molecular weight excluding hydrogens is 360 g/mol. The van der Waals surface area contributed by atoms with E-state index in [1.807, 2.05) is 0 Å². The van der Waals surface area contributed by atoms with E-state index in [1.54, 1.807) is 44.2 Å². The Morgan fingerprint density at radius 3 is 2.14 bits per heavy atom. The van der Waals surface area contributed by atoms with Crippen LogP contribution in [-0.4, -0.2) is 29.6 Å². The van der Waals surface area contributed by atoms with Crippen LogP contribution in [0.2, 0.25) is 0 Å². The van der Waals surface area contributed by atoms with Crippen molar-refractivity contribution in [1.82, 2.24) is 0 Å². The van der Waals surface area contributed by atoms with Crippen LogP contribution in [0, 0.1) is 5.92 Å². The number of unbranched alkanes of at least 4 members (excludes halogenated alkanes) is 4. The fourth-order valence-corrected chi connectivity index (χ4v) is 3.01. The maximum atomic E-state index is 12.3. The number of carboxylic acid groups (broad SMARTS) is 1. The molecule has 0 aliphatic heterocycles. The van der Waals surface area contributed by atoms with Gasteiger partial charge in [-0.3, -0.25) is 9.59 Å². The molecule has 0 aliphatic carbocycles. The lowest BCUT2D eigenvalue weighted by molar-refractivity contribution is -0.187. The normalized spacial score (nSPS) is 13.0. The van der Waals surface area contributed by atoms with Crippen molar-refractivity contribution >= 4 is 17.9 Å². The molecule has 28 heavy (non-hydrogen) atoms. The van der Waals surface area contributed by atoms with Crippen LogP contribution in [-0.2, 0) is 29.5 Å². The van der Waals surface area contributed by atoms with Gasteiger partial charge in [0.1, 0.15) is 0 Å². The number of aliphatic carboxylic acids is 1. The zero-order valence-corrected chi connectivity index (χ0v) is 17.1. The maximum Gasteiger partial charge on any atom is 0.353 e. The molecule has 1 rings (SSSR count). The third-order valence-corrected chi connectivity index (χ3v) is 4.65. The highest BCUT2D eigenvalue weighted by molar-refractivity contribution is 5.85. The van der Waals surface area contributed by atoms with Gasteiger partial charge in [-0.2, -0.15) is 0 Å². The van der Waals surface area contributed by atoms with Crippen molar-refractivity contribution in [2.45, 2.75) is 71.3 Å². The largest absolute Gasteiger partial charge is 0.478 e. The first kappa shape index (κ1) is 23.7. The van der Waals surface area contributed by atoms with Crippen LogP contribution >= 0.6 is 0 Å². The van der Waals surface area contributed by atoms with Crippen LogP contribution < -0.4 is 0 Å². The van der Waals surface area contributed by atoms with Crippen molar-refractivity contribution in [2.75, 3.05) is 6.61 Å². The molecule has 6 heteroatoms. The van der Waals surface area contributed by atoms with Crippen LogP contribution in [0.3, 0.4) is 0 Å². The van der Waals surface area contributed by atoms with E-state index in [4.69, 9.17) is 9.47 Å². The minimum atomic E-state index is -1.79. The van der Waals surface area contributed by atoms with E-state index in [0.29, 0.717) is 12.2 Å². The zero-order valence-electron chi connectivity index (χ0n) is 17.1. The highest BCUT2D eigenvalue weighted by Crippen LogP contribution is 2.35. The monoisotopic (exact) mass is 392 g/mol. The molecule has 0 saturated carbocycles. The molecule has 0 heterocycles. The Morgan fingerprint density at radius 2 is 1.57 bits per heavy atom. The number of carboxylic acids is 1. The summed E-state index contributed by atoms with van der Waals surface area (Å²) in [5.41, 5.74) is -1.40. The Balaban J connectivity index is 2.58. The minimum absolute atomic E-state index is 0.129. The van der Waals surface area contributed by atoms with E-state index in [-0.39, 0.29) is 12.8 Å². The first-order valence-corrected chi connectivity index (χ1v) is 10.0. The Hall–Kier alpha value is -2.37. The topological polar surface area (TPSA) is 89.9 Å². The maximum absolute atomic E-state index is 12.3. The van der Waals surface area contributed by atoms with Crippen molar-refractivity contribution < 1.29 is 29.0 Å². The van der Waals surface area contributed by atoms with Crippen molar-refractivity contribution in [3.63, 3.8) is 0 Å². The Morgan fingerprint density at radius 1 is 0.964 bits per heavy atom. The molecule has 0 radical (unpaired) electrons. The zero-order chi connectivity index (χ0) is 21.0. The third kappa shape index (κ3) is 6.98. The molecule has 0 spiro atoms. The Kier molecular flexibility index (Phi) is 10.3. The number of hydrogen-bond acceptors (Lipinski definition) is 5. The number of ether oxygens (including phenoxy) is 2. The summed E-state index contributed by atoms with van der Waals surface area (Å²) in [6.07, 6.45) is 4.91. The number of hydrogen-bond donors (Lipinski definition) is 1. The van der Waals surface area contributed by atoms with Crippen LogP contribution in [0.5, 0.6) is 0 Å². The molecule has 0 aliphatic rings. The van der Waals surface area contributed by atoms with Crippen molar-refractivity contribution in [3.05, 3.63) is 35.9 Å². The molecule has 0 aromatic heterocycles. The van der Waals surface area contributed by atoms with Crippen LogP contribution in [0.4, 0.5) is 0 Å². The lowest BCUT2D eigenvalue weighted by Crippen LogP contribution is -2.45. The molecular formula is C22H32O6. The van der Waals surface area contributed by atoms with Gasteiger partial charge in [0.15, 0.2) is 0 Å². The second-order valence-corrected chi connectivity index (χ2v) is 7.17. The fourth-order valence-electron chi connectivity index (χ4n) is 3.01. The van der Waals surface area contributed by atoms with Crippen molar-refractivity contribution in [3.8, 4) is 0 Å². The highest BCUT2D eigenvalue weighted by Gasteiger charge is 2.47. The summed E-state index contributed by atoms with van der Waals surface area (Å²) in [4.78, 5) is 36.1. The van der Waals surface area contributed by atoms with Gasteiger partial charge in [0.25, 0.3) is 0 Å². The van der Waals surface area contributed by atoms with Gasteiger partial charge in [-0.05, 0) is 6.42 Å². The van der Waals surface area contributed by atoms with E-state index in [9.17, 15) is 19.5 Å². The first-order valence-electron chi connectivity index (χ1n) is 10.0. The molecule has 1 aromatic rings. The lowest BCUT2D eigenvalue weighted by Gasteiger charge is -2.33. The number of rotatable bonds is 13. The second-order valence-electron chi connectivity index (χ2n) is 7.17. The number of carbonyl (C=O) groups is 3. The summed E-state index contributed by atoms with van der Waals surface area (Å²) in [5, 5.41) is 9.81. The highest BCUT2D eigenvalue weighted by atomic mass is 16.6. The summed E-state index contributed by atoms with van der Waals surface area (Å²) in [5.74, 6) is -2.94. The van der Waals surface area contributed by atoms with E-state index in [1.165, 1.54) is 6.42 Å². The fraction of sp³-hybridized carbons (Fsp3) is 0.591. The average molecular weight is 392 g/mol. The molecule has 6 nitrogen and oxygen atoms in total. The van der Waals surface area contributed by atoms with Gasteiger partial charge in [-0.25, -0.2) is 4.79 Å². The van der Waals surface area contributed by atoms with Gasteiger partial charge in [0.2, 0.25) is 5.60 Å². The van der Waals surface area contributed by atoms with E-state index in [0.717, 1.165) is 25.7 Å². The SMILES string of the molecule is CCCCCCCOC(=O)CCC(=O)OC(C(=O)O)(c1ccccc1)C(C)C. The molecule has 1 atom stereocenters. The van der Waals surface area contributed by atoms with Crippen molar-refractivity contribution in [2.24, 2.45) is 5.92 Å². The molecule has 0 bridgehead atoms. The summed E-state index contributed by atoms with van der Waals surface area (Å²) in [6.45, 7) is 5.84. The van der Waals surface area contributed by atoms with Gasteiger partial charge in [-0.15, -0.1) is 0 Å². The van der Waals surface area contributed by atoms with Gasteiger partial charge in [-0.1, -0.05) is 76.8 Å². The summed E-state index contributed by atoms with van der Waals surface area (Å²) >= 11 is 0. The summed E-state index contributed by atoms with van der Waals surface area (Å²) in [6, 6.07) is 8.39. The lowest BCUT2D eigenvalue weighted by atomic mass is 9.83. The molecule has 1 aromatic carbocycles. The Bertz CT molecular complexity index is 625. The predicted molar refractivity (Wildman–Crippen MR) is 106 cm³/mol. The molecule has 1 N–H and O–H groups in total. The second kappa shape index (κ2) is 12.2. The van der Waals surface area contributed by atoms with E-state index >= 15 is 0 Å². The van der Waals surface area contributed by atoms with E-state index in [2.05, 4.69) is 6.92 Å². The number of benzene rings is 1. The molecule has 0 saturated heterocycles. The van der Waals surface area contributed by atoms with Gasteiger partial charge in [0.05, 0.1) is 19.4 Å². The smallest absolute Gasteiger partial charge is 0.353 e. The van der Waals surface area contributed by atoms with Gasteiger partial charge < -0.3 is 14.6 Å². The minimum Gasteiger partial charge on any atom is -0.478 e. The first-order chi connectivity index (χ1) is 13.3. The van der Waals surface area contributed by atoms with Crippen LogP contribution in [0.1, 0.15) is 71.3 Å². The number of carbonyl (C=O) groups excluding carboxylic acids is 2. The van der Waals surface area contributed by atoms with Crippen molar-refractivity contribution in [1.29, 1.82) is 0 Å². The number of esters is 2.